The molecule has 2 rings (SSSR count). The van der Waals surface area contributed by atoms with E-state index in [1.54, 1.807) is 12.1 Å². The Bertz CT molecular complexity index is 313. The maximum absolute atomic E-state index is 8.91. The van der Waals surface area contributed by atoms with Gasteiger partial charge in [0.25, 0.3) is 0 Å². The summed E-state index contributed by atoms with van der Waals surface area (Å²) in [7, 11) is -1.45. The largest absolute Gasteiger partial charge is 0.490 e. The lowest BCUT2D eigenvalue weighted by Crippen LogP contribution is -2.37. The summed E-state index contributed by atoms with van der Waals surface area (Å²) in [5, 5.41) is 17.8. The molecule has 1 aliphatic rings. The van der Waals surface area contributed by atoms with E-state index in [2.05, 4.69) is 9.88 Å². The molecule has 2 N–H and O–H groups in total. The van der Waals surface area contributed by atoms with E-state index in [9.17, 15) is 0 Å². The standard InChI is InChI=1S/C9H13BN2O3.C2H6/c13-10(14)8-1-2-9(11-7-8)12-3-5-15-6-4-12;1-2/h1-2,7,13-14H,3-6H2;1-2H3. The van der Waals surface area contributed by atoms with Crippen LogP contribution in [0.25, 0.3) is 0 Å². The van der Waals surface area contributed by atoms with Crippen LogP contribution in [0, 0.1) is 0 Å². The molecule has 0 atom stereocenters. The van der Waals surface area contributed by atoms with Gasteiger partial charge in [0.15, 0.2) is 0 Å². The van der Waals surface area contributed by atoms with Crippen molar-refractivity contribution in [3.05, 3.63) is 18.3 Å². The fraction of sp³-hybridized carbons (Fsp3) is 0.545. The van der Waals surface area contributed by atoms with Crippen LogP contribution in [0.4, 0.5) is 5.82 Å². The number of ether oxygens (including phenoxy) is 1. The van der Waals surface area contributed by atoms with Crippen LogP contribution in [0.15, 0.2) is 18.3 Å². The van der Waals surface area contributed by atoms with Crippen LogP contribution in [0.3, 0.4) is 0 Å². The second-order valence-electron chi connectivity index (χ2n) is 3.42. The number of nitrogens with zero attached hydrogens (tertiary/aromatic N) is 2. The van der Waals surface area contributed by atoms with Crippen LogP contribution < -0.4 is 10.4 Å². The second-order valence-corrected chi connectivity index (χ2v) is 3.42. The Kier molecular flexibility index (Phi) is 5.97. The molecule has 0 spiro atoms. The van der Waals surface area contributed by atoms with Gasteiger partial charge in [-0.05, 0) is 6.07 Å². The quantitative estimate of drug-likeness (QED) is 0.688. The van der Waals surface area contributed by atoms with Gasteiger partial charge in [0.2, 0.25) is 0 Å². The lowest BCUT2D eigenvalue weighted by Gasteiger charge is -2.27. The molecule has 1 aromatic heterocycles. The summed E-state index contributed by atoms with van der Waals surface area (Å²) in [6.45, 7) is 7.08. The zero-order valence-electron chi connectivity index (χ0n) is 10.3. The maximum atomic E-state index is 8.91. The first-order valence-corrected chi connectivity index (χ1v) is 5.92. The highest BCUT2D eigenvalue weighted by molar-refractivity contribution is 6.58. The van der Waals surface area contributed by atoms with Crippen LogP contribution in [-0.4, -0.2) is 48.5 Å². The smallest absolute Gasteiger partial charge is 0.423 e. The van der Waals surface area contributed by atoms with Crippen LogP contribution in [0.2, 0.25) is 0 Å². The van der Waals surface area contributed by atoms with Crippen molar-refractivity contribution in [2.75, 3.05) is 31.2 Å². The Morgan fingerprint density at radius 2 is 1.88 bits per heavy atom. The third-order valence-corrected chi connectivity index (χ3v) is 2.40. The summed E-state index contributed by atoms with van der Waals surface area (Å²) in [6.07, 6.45) is 1.48. The predicted octanol–water partition coefficient (Wildman–Crippen LogP) is -0.376. The van der Waals surface area contributed by atoms with E-state index in [1.807, 2.05) is 13.8 Å². The molecule has 1 aromatic rings. The Balaban J connectivity index is 0.000000686. The Labute approximate surface area is 102 Å². The van der Waals surface area contributed by atoms with Crippen molar-refractivity contribution in [1.82, 2.24) is 4.98 Å². The lowest BCUT2D eigenvalue weighted by molar-refractivity contribution is 0.122. The average Bonchev–Trinajstić information content (AvgIpc) is 2.42. The molecule has 0 amide bonds. The lowest BCUT2D eigenvalue weighted by atomic mass is 9.82. The van der Waals surface area contributed by atoms with Crippen molar-refractivity contribution in [1.29, 1.82) is 0 Å². The summed E-state index contributed by atoms with van der Waals surface area (Å²) < 4.78 is 5.23. The van der Waals surface area contributed by atoms with Crippen molar-refractivity contribution in [2.45, 2.75) is 13.8 Å². The highest BCUT2D eigenvalue weighted by Crippen LogP contribution is 2.10. The van der Waals surface area contributed by atoms with Crippen LogP contribution in [-0.2, 0) is 4.74 Å². The number of morpholine rings is 1. The fourth-order valence-electron chi connectivity index (χ4n) is 1.53. The summed E-state index contributed by atoms with van der Waals surface area (Å²) in [6, 6.07) is 3.46. The molecule has 5 nitrogen and oxygen atoms in total. The first-order valence-electron chi connectivity index (χ1n) is 5.92. The van der Waals surface area contributed by atoms with Gasteiger partial charge in [0.1, 0.15) is 5.82 Å². The molecule has 2 heterocycles. The van der Waals surface area contributed by atoms with Crippen LogP contribution in [0.5, 0.6) is 0 Å². The summed E-state index contributed by atoms with van der Waals surface area (Å²) in [4.78, 5) is 6.28. The highest BCUT2D eigenvalue weighted by Gasteiger charge is 2.14. The molecule has 0 radical (unpaired) electrons. The first kappa shape index (κ1) is 14.0. The minimum atomic E-state index is -1.45. The zero-order valence-corrected chi connectivity index (χ0v) is 10.3. The molecule has 1 aliphatic heterocycles. The zero-order chi connectivity index (χ0) is 12.7. The molecule has 1 fully saturated rings. The number of anilines is 1. The van der Waals surface area contributed by atoms with Gasteiger partial charge < -0.3 is 19.7 Å². The van der Waals surface area contributed by atoms with Gasteiger partial charge in [0, 0.05) is 24.7 Å². The van der Waals surface area contributed by atoms with Crippen molar-refractivity contribution >= 4 is 18.4 Å². The minimum absolute atomic E-state index is 0.409. The number of aromatic nitrogens is 1. The number of hydrogen-bond donors (Lipinski definition) is 2. The van der Waals surface area contributed by atoms with Gasteiger partial charge in [-0.3, -0.25) is 0 Å². The fourth-order valence-corrected chi connectivity index (χ4v) is 1.53. The van der Waals surface area contributed by atoms with E-state index >= 15 is 0 Å². The van der Waals surface area contributed by atoms with E-state index in [-0.39, 0.29) is 0 Å². The van der Waals surface area contributed by atoms with Crippen LogP contribution in [0.1, 0.15) is 13.8 Å². The highest BCUT2D eigenvalue weighted by atomic mass is 16.5. The second kappa shape index (κ2) is 7.27. The van der Waals surface area contributed by atoms with Gasteiger partial charge in [-0.15, -0.1) is 0 Å². The topological polar surface area (TPSA) is 65.8 Å². The molecule has 6 heteroatoms. The number of rotatable bonds is 2. The minimum Gasteiger partial charge on any atom is -0.423 e. The summed E-state index contributed by atoms with van der Waals surface area (Å²) in [5.74, 6) is 0.850. The third-order valence-electron chi connectivity index (χ3n) is 2.40. The van der Waals surface area contributed by atoms with Gasteiger partial charge >= 0.3 is 7.12 Å². The molecule has 17 heavy (non-hydrogen) atoms. The van der Waals surface area contributed by atoms with Gasteiger partial charge in [-0.1, -0.05) is 19.9 Å². The van der Waals surface area contributed by atoms with Crippen molar-refractivity contribution in [2.24, 2.45) is 0 Å². The summed E-state index contributed by atoms with van der Waals surface area (Å²) in [5.41, 5.74) is 0.409. The van der Waals surface area contributed by atoms with Gasteiger partial charge in [-0.2, -0.15) is 0 Å². The van der Waals surface area contributed by atoms with E-state index in [4.69, 9.17) is 14.8 Å². The van der Waals surface area contributed by atoms with Gasteiger partial charge in [-0.25, -0.2) is 4.98 Å². The molecule has 0 aromatic carbocycles. The van der Waals surface area contributed by atoms with E-state index in [1.165, 1.54) is 6.20 Å². The number of hydrogen-bond acceptors (Lipinski definition) is 5. The predicted molar refractivity (Wildman–Crippen MR) is 68.4 cm³/mol. The molecular formula is C11H19BN2O3. The molecule has 0 aliphatic carbocycles. The van der Waals surface area contributed by atoms with E-state index in [0.29, 0.717) is 18.7 Å². The monoisotopic (exact) mass is 238 g/mol. The Morgan fingerprint density at radius 3 is 2.35 bits per heavy atom. The SMILES string of the molecule is CC.OB(O)c1ccc(N2CCOCC2)nc1. The Hall–Kier alpha value is -1.11. The van der Waals surface area contributed by atoms with Crippen LogP contribution >= 0.6 is 0 Å². The van der Waals surface area contributed by atoms with E-state index in [0.717, 1.165) is 18.9 Å². The third kappa shape index (κ3) is 4.00. The normalized spacial score (nSPS) is 14.9. The molecule has 0 unspecified atom stereocenters. The molecule has 0 saturated carbocycles. The molecule has 94 valence electrons. The van der Waals surface area contributed by atoms with Gasteiger partial charge in [0.05, 0.1) is 13.2 Å². The average molecular weight is 238 g/mol. The molecule has 0 bridgehead atoms. The van der Waals surface area contributed by atoms with Crippen molar-refractivity contribution in [3.63, 3.8) is 0 Å². The van der Waals surface area contributed by atoms with Crippen molar-refractivity contribution in [3.8, 4) is 0 Å². The van der Waals surface area contributed by atoms with E-state index < -0.39 is 7.12 Å². The molecule has 1 saturated heterocycles. The first-order chi connectivity index (χ1) is 8.27. The summed E-state index contributed by atoms with van der Waals surface area (Å²) >= 11 is 0. The van der Waals surface area contributed by atoms with Crippen molar-refractivity contribution < 1.29 is 14.8 Å². The molecular weight excluding hydrogens is 219 g/mol. The number of pyridine rings is 1. The maximum Gasteiger partial charge on any atom is 0.490 e. The Morgan fingerprint density at radius 1 is 1.24 bits per heavy atom.